The second-order valence-corrected chi connectivity index (χ2v) is 8.83. The zero-order valence-corrected chi connectivity index (χ0v) is 19.8. The standard InChI is InChI=1S/C26H23ClN6O3/c27-25-24(16-6-8-19-18(11-16)21(34)12-23(36)30-19)32-26(33-25)20(10-15-4-2-1-3-5-15)31-22(35)9-7-17-13-28-14-29-17/h1-6,8,11-14,20H,7,9-10H2,(H,28,29)(H,31,35)(H,32,33)(H2,30,34,36)/t20-/m0/s1. The molecular formula is C26H23ClN6O3. The molecule has 3 heterocycles. The first kappa shape index (κ1) is 23.4. The van der Waals surface area contributed by atoms with E-state index in [0.29, 0.717) is 46.0 Å². The highest BCUT2D eigenvalue weighted by molar-refractivity contribution is 6.32. The van der Waals surface area contributed by atoms with Crippen molar-refractivity contribution in [1.82, 2.24) is 30.2 Å². The van der Waals surface area contributed by atoms with E-state index in [4.69, 9.17) is 16.6 Å². The minimum absolute atomic E-state index is 0.126. The summed E-state index contributed by atoms with van der Waals surface area (Å²) in [5.41, 5.74) is 3.16. The lowest BCUT2D eigenvalue weighted by molar-refractivity contribution is -0.121. The zero-order chi connectivity index (χ0) is 25.1. The Hall–Kier alpha value is -4.37. The van der Waals surface area contributed by atoms with Crippen molar-refractivity contribution in [2.75, 3.05) is 0 Å². The maximum absolute atomic E-state index is 12.8. The van der Waals surface area contributed by atoms with Crippen LogP contribution in [0.25, 0.3) is 22.2 Å². The normalized spacial score (nSPS) is 12.0. The number of halogens is 1. The summed E-state index contributed by atoms with van der Waals surface area (Å²) in [5.74, 6) is 0.257. The first-order valence-electron chi connectivity index (χ1n) is 11.4. The summed E-state index contributed by atoms with van der Waals surface area (Å²) in [6.07, 6.45) is 4.62. The van der Waals surface area contributed by atoms with E-state index >= 15 is 0 Å². The Morgan fingerprint density at radius 1 is 1.11 bits per heavy atom. The van der Waals surface area contributed by atoms with E-state index in [0.717, 1.165) is 17.3 Å². The molecule has 0 aliphatic carbocycles. The van der Waals surface area contributed by atoms with Crippen molar-refractivity contribution in [3.8, 4) is 17.0 Å². The summed E-state index contributed by atoms with van der Waals surface area (Å²) in [5, 5.41) is 14.1. The number of nitrogens with zero attached hydrogens (tertiary/aromatic N) is 2. The van der Waals surface area contributed by atoms with E-state index in [2.05, 4.69) is 25.3 Å². The molecule has 36 heavy (non-hydrogen) atoms. The minimum Gasteiger partial charge on any atom is -0.507 e. The number of carbonyl (C=O) groups excluding carboxylic acids is 1. The molecule has 3 aromatic heterocycles. The van der Waals surface area contributed by atoms with Crippen molar-refractivity contribution in [3.05, 3.63) is 99.7 Å². The first-order chi connectivity index (χ1) is 17.5. The Labute approximate surface area is 210 Å². The van der Waals surface area contributed by atoms with Crippen LogP contribution >= 0.6 is 11.6 Å². The molecule has 5 N–H and O–H groups in total. The molecule has 0 bridgehead atoms. The van der Waals surface area contributed by atoms with Crippen molar-refractivity contribution in [2.24, 2.45) is 0 Å². The molecular weight excluding hydrogens is 480 g/mol. The molecule has 1 atom stereocenters. The molecule has 10 heteroatoms. The fourth-order valence-corrected chi connectivity index (χ4v) is 4.36. The van der Waals surface area contributed by atoms with Gasteiger partial charge in [-0.3, -0.25) is 9.59 Å². The van der Waals surface area contributed by atoms with Gasteiger partial charge in [-0.15, -0.1) is 0 Å². The van der Waals surface area contributed by atoms with Gasteiger partial charge in [0.15, 0.2) is 0 Å². The second-order valence-electron chi connectivity index (χ2n) is 8.45. The molecule has 0 fully saturated rings. The van der Waals surface area contributed by atoms with E-state index in [9.17, 15) is 14.7 Å². The monoisotopic (exact) mass is 502 g/mol. The number of amides is 1. The highest BCUT2D eigenvalue weighted by atomic mass is 35.5. The van der Waals surface area contributed by atoms with Crippen LogP contribution in [0.3, 0.4) is 0 Å². The summed E-state index contributed by atoms with van der Waals surface area (Å²) in [4.78, 5) is 42.0. The van der Waals surface area contributed by atoms with Crippen molar-refractivity contribution >= 4 is 28.4 Å². The Bertz CT molecular complexity index is 1560. The SMILES string of the molecule is O=C(CCc1cnc[nH]1)N[C@@H](Cc1ccccc1)c1nc(-c2ccc3[nH]c(=O)cc(O)c3c2)c(Cl)[nH]1. The number of aryl methyl sites for hydroxylation is 1. The van der Waals surface area contributed by atoms with Crippen molar-refractivity contribution < 1.29 is 9.90 Å². The van der Waals surface area contributed by atoms with Crippen molar-refractivity contribution in [3.63, 3.8) is 0 Å². The molecule has 5 rings (SSSR count). The average Bonchev–Trinajstić information content (AvgIpc) is 3.53. The highest BCUT2D eigenvalue weighted by Crippen LogP contribution is 2.32. The Morgan fingerprint density at radius 3 is 2.72 bits per heavy atom. The van der Waals surface area contributed by atoms with E-state index in [1.807, 2.05) is 30.3 Å². The van der Waals surface area contributed by atoms with Gasteiger partial charge in [-0.25, -0.2) is 9.97 Å². The molecule has 2 aromatic carbocycles. The third-order valence-corrected chi connectivity index (χ3v) is 6.17. The number of aromatic amines is 3. The number of nitrogens with one attached hydrogen (secondary N) is 4. The topological polar surface area (TPSA) is 140 Å². The Morgan fingerprint density at radius 2 is 1.94 bits per heavy atom. The van der Waals surface area contributed by atoms with Gasteiger partial charge in [-0.05, 0) is 30.5 Å². The number of rotatable bonds is 8. The fraction of sp³-hybridized carbons (Fsp3) is 0.154. The van der Waals surface area contributed by atoms with Crippen LogP contribution in [-0.2, 0) is 17.6 Å². The van der Waals surface area contributed by atoms with Gasteiger partial charge in [0.1, 0.15) is 22.4 Å². The number of aromatic nitrogens is 5. The largest absolute Gasteiger partial charge is 0.507 e. The van der Waals surface area contributed by atoms with Gasteiger partial charge >= 0.3 is 0 Å². The van der Waals surface area contributed by atoms with Crippen LogP contribution in [-0.4, -0.2) is 35.9 Å². The van der Waals surface area contributed by atoms with Crippen LogP contribution < -0.4 is 10.9 Å². The van der Waals surface area contributed by atoms with Crippen molar-refractivity contribution in [2.45, 2.75) is 25.3 Å². The molecule has 0 saturated carbocycles. The maximum Gasteiger partial charge on any atom is 0.252 e. The van der Waals surface area contributed by atoms with Gasteiger partial charge in [-0.1, -0.05) is 48.0 Å². The number of hydrogen-bond donors (Lipinski definition) is 5. The number of hydrogen-bond acceptors (Lipinski definition) is 5. The van der Waals surface area contributed by atoms with Crippen LogP contribution in [0.2, 0.25) is 5.15 Å². The van der Waals surface area contributed by atoms with Crippen LogP contribution in [0.15, 0.2) is 71.9 Å². The van der Waals surface area contributed by atoms with E-state index in [-0.39, 0.29) is 23.6 Å². The molecule has 0 aliphatic rings. The first-order valence-corrected chi connectivity index (χ1v) is 11.8. The number of aromatic hydroxyl groups is 1. The smallest absolute Gasteiger partial charge is 0.252 e. The summed E-state index contributed by atoms with van der Waals surface area (Å²) in [7, 11) is 0. The van der Waals surface area contributed by atoms with Gasteiger partial charge in [0, 0.05) is 35.3 Å². The van der Waals surface area contributed by atoms with Gasteiger partial charge < -0.3 is 25.4 Å². The number of carbonyl (C=O) groups is 1. The number of H-pyrrole nitrogens is 3. The molecule has 0 aliphatic heterocycles. The lowest BCUT2D eigenvalue weighted by Crippen LogP contribution is -2.31. The van der Waals surface area contributed by atoms with E-state index in [1.54, 1.807) is 30.7 Å². The predicted molar refractivity (Wildman–Crippen MR) is 137 cm³/mol. The summed E-state index contributed by atoms with van der Waals surface area (Å²) in [6, 6.07) is 15.6. The number of fused-ring (bicyclic) bond motifs is 1. The molecule has 182 valence electrons. The van der Waals surface area contributed by atoms with Gasteiger partial charge in [0.05, 0.1) is 17.9 Å². The maximum atomic E-state index is 12.8. The summed E-state index contributed by atoms with van der Waals surface area (Å²) < 4.78 is 0. The molecule has 9 nitrogen and oxygen atoms in total. The molecule has 0 spiro atoms. The third-order valence-electron chi connectivity index (χ3n) is 5.90. The highest BCUT2D eigenvalue weighted by Gasteiger charge is 2.22. The third kappa shape index (κ3) is 5.16. The second kappa shape index (κ2) is 10.1. The number of imidazole rings is 2. The average molecular weight is 503 g/mol. The Balaban J connectivity index is 1.44. The molecule has 1 amide bonds. The quantitative estimate of drug-likeness (QED) is 0.218. The van der Waals surface area contributed by atoms with Gasteiger partial charge in [0.25, 0.3) is 5.56 Å². The van der Waals surface area contributed by atoms with Crippen LogP contribution in [0.5, 0.6) is 5.75 Å². The van der Waals surface area contributed by atoms with Gasteiger partial charge in [0.2, 0.25) is 5.91 Å². The Kier molecular flexibility index (Phi) is 6.55. The molecule has 5 aromatic rings. The zero-order valence-electron chi connectivity index (χ0n) is 19.1. The number of benzene rings is 2. The van der Waals surface area contributed by atoms with Crippen LogP contribution in [0.1, 0.15) is 29.5 Å². The lowest BCUT2D eigenvalue weighted by atomic mass is 10.0. The van der Waals surface area contributed by atoms with Crippen LogP contribution in [0.4, 0.5) is 0 Å². The lowest BCUT2D eigenvalue weighted by Gasteiger charge is -2.17. The fourth-order valence-electron chi connectivity index (χ4n) is 4.11. The van der Waals surface area contributed by atoms with Gasteiger partial charge in [-0.2, -0.15) is 0 Å². The molecule has 0 unspecified atom stereocenters. The summed E-state index contributed by atoms with van der Waals surface area (Å²) >= 11 is 6.55. The number of pyridine rings is 1. The minimum atomic E-state index is -0.446. The van der Waals surface area contributed by atoms with E-state index < -0.39 is 6.04 Å². The van der Waals surface area contributed by atoms with Crippen molar-refractivity contribution in [1.29, 1.82) is 0 Å². The van der Waals surface area contributed by atoms with Crippen LogP contribution in [0, 0.1) is 0 Å². The summed E-state index contributed by atoms with van der Waals surface area (Å²) in [6.45, 7) is 0. The predicted octanol–water partition coefficient (Wildman–Crippen LogP) is 4.03. The molecule has 0 saturated heterocycles. The van der Waals surface area contributed by atoms with E-state index in [1.165, 1.54) is 0 Å². The molecule has 0 radical (unpaired) electrons.